The Labute approximate surface area is 91.7 Å². The fourth-order valence-electron chi connectivity index (χ4n) is 1.36. The second-order valence-electron chi connectivity index (χ2n) is 3.10. The summed E-state index contributed by atoms with van der Waals surface area (Å²) in [6, 6.07) is 4.22. The lowest BCUT2D eigenvalue weighted by molar-refractivity contribution is 0.415. The molecule has 84 valence electrons. The molecule has 0 amide bonds. The highest BCUT2D eigenvalue weighted by Gasteiger charge is 2.11. The van der Waals surface area contributed by atoms with E-state index in [1.807, 2.05) is 0 Å². The van der Waals surface area contributed by atoms with Crippen LogP contribution in [0, 0.1) is 5.82 Å². The van der Waals surface area contributed by atoms with E-state index in [0.29, 0.717) is 23.1 Å². The van der Waals surface area contributed by atoms with E-state index in [1.165, 1.54) is 19.2 Å². The number of nitrogens with zero attached hydrogens (tertiary/aromatic N) is 2. The molecule has 2 rings (SSSR count). The van der Waals surface area contributed by atoms with Crippen LogP contribution in [0.2, 0.25) is 0 Å². The van der Waals surface area contributed by atoms with Gasteiger partial charge in [0.2, 0.25) is 5.95 Å². The number of hydrogen-bond acceptors (Lipinski definition) is 4. The summed E-state index contributed by atoms with van der Waals surface area (Å²) in [6.45, 7) is 0. The standard InChI is InChI=1S/C10H11FN4O/c1-12-10-13-9(14-15-10)7-5-6(11)3-4-8(7)16-2/h3-5H,1-2H3,(H2,12,13,14,15). The molecule has 1 aromatic carbocycles. The Balaban J connectivity index is 2.49. The predicted octanol–water partition coefficient (Wildman–Crippen LogP) is 1.66. The Hall–Kier alpha value is -2.11. The van der Waals surface area contributed by atoms with E-state index in [4.69, 9.17) is 4.74 Å². The van der Waals surface area contributed by atoms with E-state index in [1.54, 1.807) is 13.1 Å². The van der Waals surface area contributed by atoms with Gasteiger partial charge in [-0.3, -0.25) is 5.10 Å². The Morgan fingerprint density at radius 2 is 2.25 bits per heavy atom. The normalized spacial score (nSPS) is 10.2. The lowest BCUT2D eigenvalue weighted by atomic mass is 10.2. The first kappa shape index (κ1) is 10.4. The average molecular weight is 222 g/mol. The molecule has 0 atom stereocenters. The summed E-state index contributed by atoms with van der Waals surface area (Å²) in [7, 11) is 3.22. The van der Waals surface area contributed by atoms with Gasteiger partial charge in [-0.2, -0.15) is 4.98 Å². The summed E-state index contributed by atoms with van der Waals surface area (Å²) in [5.74, 6) is 1.10. The van der Waals surface area contributed by atoms with E-state index in [-0.39, 0.29) is 5.82 Å². The molecule has 0 bridgehead atoms. The Morgan fingerprint density at radius 1 is 1.44 bits per heavy atom. The lowest BCUT2D eigenvalue weighted by Crippen LogP contribution is -1.91. The highest BCUT2D eigenvalue weighted by Crippen LogP contribution is 2.28. The SMILES string of the molecule is CNc1n[nH]c(-c2cc(F)ccc2OC)n1. The van der Waals surface area contributed by atoms with Crippen molar-refractivity contribution in [3.05, 3.63) is 24.0 Å². The molecule has 0 saturated heterocycles. The summed E-state index contributed by atoms with van der Waals surface area (Å²) in [5.41, 5.74) is 0.538. The molecular weight excluding hydrogens is 211 g/mol. The minimum atomic E-state index is -0.349. The maximum absolute atomic E-state index is 13.1. The topological polar surface area (TPSA) is 62.8 Å². The number of halogens is 1. The number of aromatic amines is 1. The van der Waals surface area contributed by atoms with Crippen LogP contribution < -0.4 is 10.1 Å². The van der Waals surface area contributed by atoms with Gasteiger partial charge in [0.05, 0.1) is 12.7 Å². The van der Waals surface area contributed by atoms with E-state index in [0.717, 1.165) is 0 Å². The van der Waals surface area contributed by atoms with Crippen molar-refractivity contribution < 1.29 is 9.13 Å². The molecule has 5 nitrogen and oxygen atoms in total. The van der Waals surface area contributed by atoms with E-state index in [2.05, 4.69) is 20.5 Å². The second-order valence-corrected chi connectivity index (χ2v) is 3.10. The third-order valence-electron chi connectivity index (χ3n) is 2.13. The van der Waals surface area contributed by atoms with Gasteiger partial charge >= 0.3 is 0 Å². The van der Waals surface area contributed by atoms with Crippen LogP contribution in [0.5, 0.6) is 5.75 Å². The van der Waals surface area contributed by atoms with E-state index < -0.39 is 0 Å². The number of aromatic nitrogens is 3. The Morgan fingerprint density at radius 3 is 2.88 bits per heavy atom. The molecule has 16 heavy (non-hydrogen) atoms. The van der Waals surface area contributed by atoms with Crippen LogP contribution >= 0.6 is 0 Å². The van der Waals surface area contributed by atoms with Crippen LogP contribution in [0.1, 0.15) is 0 Å². The number of H-pyrrole nitrogens is 1. The molecule has 2 aromatic rings. The first-order chi connectivity index (χ1) is 7.74. The van der Waals surface area contributed by atoms with Crippen LogP contribution in [0.15, 0.2) is 18.2 Å². The summed E-state index contributed by atoms with van der Waals surface area (Å²) in [4.78, 5) is 4.12. The van der Waals surface area contributed by atoms with Gasteiger partial charge in [-0.25, -0.2) is 4.39 Å². The van der Waals surface area contributed by atoms with Crippen LogP contribution in [0.25, 0.3) is 11.4 Å². The smallest absolute Gasteiger partial charge is 0.242 e. The minimum absolute atomic E-state index is 0.349. The van der Waals surface area contributed by atoms with Gasteiger partial charge in [0.1, 0.15) is 11.6 Å². The van der Waals surface area contributed by atoms with Crippen molar-refractivity contribution >= 4 is 5.95 Å². The molecule has 0 fully saturated rings. The third kappa shape index (κ3) is 1.81. The van der Waals surface area contributed by atoms with Gasteiger partial charge in [-0.05, 0) is 18.2 Å². The van der Waals surface area contributed by atoms with Crippen LogP contribution in [0.4, 0.5) is 10.3 Å². The molecule has 0 saturated carbocycles. The first-order valence-electron chi connectivity index (χ1n) is 4.68. The van der Waals surface area contributed by atoms with Gasteiger partial charge in [0, 0.05) is 7.05 Å². The monoisotopic (exact) mass is 222 g/mol. The molecule has 0 radical (unpaired) electrons. The number of nitrogens with one attached hydrogen (secondary N) is 2. The highest BCUT2D eigenvalue weighted by molar-refractivity contribution is 5.64. The van der Waals surface area contributed by atoms with Crippen molar-refractivity contribution in [3.63, 3.8) is 0 Å². The fraction of sp³-hybridized carbons (Fsp3) is 0.200. The lowest BCUT2D eigenvalue weighted by Gasteiger charge is -2.04. The van der Waals surface area contributed by atoms with E-state index >= 15 is 0 Å². The summed E-state index contributed by atoms with van der Waals surface area (Å²) in [6.07, 6.45) is 0. The van der Waals surface area contributed by atoms with Gasteiger partial charge in [0.15, 0.2) is 5.82 Å². The minimum Gasteiger partial charge on any atom is -0.496 e. The Kier molecular flexibility index (Phi) is 2.72. The molecule has 0 aliphatic heterocycles. The number of anilines is 1. The van der Waals surface area contributed by atoms with Crippen LogP contribution in [-0.4, -0.2) is 29.3 Å². The van der Waals surface area contributed by atoms with Crippen molar-refractivity contribution in [1.29, 1.82) is 0 Å². The summed E-state index contributed by atoms with van der Waals surface area (Å²) < 4.78 is 18.2. The van der Waals surface area contributed by atoms with Crippen molar-refractivity contribution in [2.45, 2.75) is 0 Å². The molecule has 0 unspecified atom stereocenters. The van der Waals surface area contributed by atoms with Crippen molar-refractivity contribution in [2.75, 3.05) is 19.5 Å². The molecule has 0 aliphatic carbocycles. The quantitative estimate of drug-likeness (QED) is 0.829. The molecule has 1 aromatic heterocycles. The summed E-state index contributed by atoms with van der Waals surface area (Å²) >= 11 is 0. The van der Waals surface area contributed by atoms with E-state index in [9.17, 15) is 4.39 Å². The average Bonchev–Trinajstić information content (AvgIpc) is 2.77. The predicted molar refractivity (Wildman–Crippen MR) is 57.9 cm³/mol. The number of ether oxygens (including phenoxy) is 1. The van der Waals surface area contributed by atoms with Crippen LogP contribution in [-0.2, 0) is 0 Å². The van der Waals surface area contributed by atoms with Gasteiger partial charge < -0.3 is 10.1 Å². The third-order valence-corrected chi connectivity index (χ3v) is 2.13. The van der Waals surface area contributed by atoms with Gasteiger partial charge in [0.25, 0.3) is 0 Å². The zero-order chi connectivity index (χ0) is 11.5. The largest absolute Gasteiger partial charge is 0.496 e. The van der Waals surface area contributed by atoms with Crippen molar-refractivity contribution in [2.24, 2.45) is 0 Å². The highest BCUT2D eigenvalue weighted by atomic mass is 19.1. The van der Waals surface area contributed by atoms with Crippen molar-refractivity contribution in [3.8, 4) is 17.1 Å². The molecule has 1 heterocycles. The zero-order valence-corrected chi connectivity index (χ0v) is 8.91. The second kappa shape index (κ2) is 4.18. The maximum Gasteiger partial charge on any atom is 0.242 e. The number of methoxy groups -OCH3 is 1. The molecule has 0 spiro atoms. The molecule has 2 N–H and O–H groups in total. The number of hydrogen-bond donors (Lipinski definition) is 2. The van der Waals surface area contributed by atoms with Crippen LogP contribution in [0.3, 0.4) is 0 Å². The molecule has 6 heteroatoms. The maximum atomic E-state index is 13.1. The fourth-order valence-corrected chi connectivity index (χ4v) is 1.36. The number of benzene rings is 1. The van der Waals surface area contributed by atoms with Crippen molar-refractivity contribution in [1.82, 2.24) is 15.2 Å². The van der Waals surface area contributed by atoms with Gasteiger partial charge in [-0.15, -0.1) is 5.10 Å². The molecule has 0 aliphatic rings. The first-order valence-corrected chi connectivity index (χ1v) is 4.68. The zero-order valence-electron chi connectivity index (χ0n) is 8.91. The summed E-state index contributed by atoms with van der Waals surface area (Å²) in [5, 5.41) is 9.38. The van der Waals surface area contributed by atoms with Gasteiger partial charge in [-0.1, -0.05) is 0 Å². The number of rotatable bonds is 3. The Bertz CT molecular complexity index is 497. The molecular formula is C10H11FN4O.